The molecule has 2 aliphatic rings. The Balaban J connectivity index is 1.52. The van der Waals surface area contributed by atoms with Crippen LogP contribution in [0, 0.1) is 5.92 Å². The molecule has 0 aromatic rings. The van der Waals surface area contributed by atoms with Crippen molar-refractivity contribution in [1.82, 2.24) is 10.2 Å². The van der Waals surface area contributed by atoms with E-state index >= 15 is 0 Å². The smallest absolute Gasteiger partial charge is 0.239 e. The summed E-state index contributed by atoms with van der Waals surface area (Å²) in [6, 6.07) is 0.776. The molecule has 1 aliphatic carbocycles. The molecule has 0 aromatic carbocycles. The van der Waals surface area contributed by atoms with Gasteiger partial charge in [0.2, 0.25) is 5.91 Å². The molecule has 0 aromatic heterocycles. The number of carbonyl (C=O) groups excluding carboxylic acids is 1. The summed E-state index contributed by atoms with van der Waals surface area (Å²) < 4.78 is 0. The summed E-state index contributed by atoms with van der Waals surface area (Å²) >= 11 is 0. The second-order valence-electron chi connectivity index (χ2n) is 6.70. The fourth-order valence-corrected chi connectivity index (χ4v) is 2.86. The van der Waals surface area contributed by atoms with Crippen molar-refractivity contribution >= 4 is 5.91 Å². The minimum absolute atomic E-state index is 0.133. The highest BCUT2D eigenvalue weighted by Gasteiger charge is 2.34. The first-order valence-electron chi connectivity index (χ1n) is 8.21. The van der Waals surface area contributed by atoms with Crippen LogP contribution in [0.15, 0.2) is 0 Å². The summed E-state index contributed by atoms with van der Waals surface area (Å²) in [5, 5.41) is 3.46. The van der Waals surface area contributed by atoms with Gasteiger partial charge < -0.3 is 10.2 Å². The molecule has 2 fully saturated rings. The van der Waals surface area contributed by atoms with E-state index in [1.54, 1.807) is 0 Å². The van der Waals surface area contributed by atoms with Crippen LogP contribution in [-0.4, -0.2) is 36.0 Å². The van der Waals surface area contributed by atoms with Crippen molar-refractivity contribution in [2.75, 3.05) is 13.1 Å². The molecular weight excluding hydrogens is 236 g/mol. The molecule has 3 nitrogen and oxygen atoms in total. The van der Waals surface area contributed by atoms with Gasteiger partial charge in [-0.25, -0.2) is 0 Å². The van der Waals surface area contributed by atoms with Crippen LogP contribution >= 0.6 is 0 Å². The summed E-state index contributed by atoms with van der Waals surface area (Å²) in [5.74, 6) is 1.18. The molecule has 0 spiro atoms. The maximum Gasteiger partial charge on any atom is 0.239 e. The Labute approximate surface area is 118 Å². The standard InChI is InChI=1S/C16H30N2O/c1-13(2)7-5-3-4-6-11-18-12-10-15(16(18)19)17-14-8-9-14/h13-15,17H,3-12H2,1-2H3. The van der Waals surface area contributed by atoms with Crippen LogP contribution in [0.4, 0.5) is 0 Å². The van der Waals surface area contributed by atoms with Gasteiger partial charge in [0.15, 0.2) is 0 Å². The third-order valence-electron chi connectivity index (χ3n) is 4.27. The van der Waals surface area contributed by atoms with Crippen LogP contribution in [-0.2, 0) is 4.79 Å². The Kier molecular flexibility index (Phi) is 5.68. The maximum atomic E-state index is 12.1. The van der Waals surface area contributed by atoms with Crippen molar-refractivity contribution < 1.29 is 4.79 Å². The topological polar surface area (TPSA) is 32.3 Å². The molecule has 1 heterocycles. The third kappa shape index (κ3) is 5.13. The zero-order chi connectivity index (χ0) is 13.7. The highest BCUT2D eigenvalue weighted by Crippen LogP contribution is 2.22. The predicted octanol–water partition coefficient (Wildman–Crippen LogP) is 2.95. The number of amides is 1. The van der Waals surface area contributed by atoms with E-state index in [2.05, 4.69) is 24.1 Å². The Bertz CT molecular complexity index is 286. The van der Waals surface area contributed by atoms with Gasteiger partial charge in [0.1, 0.15) is 0 Å². The number of nitrogens with one attached hydrogen (secondary N) is 1. The SMILES string of the molecule is CC(C)CCCCCCN1CCC(NC2CC2)C1=O. The second kappa shape index (κ2) is 7.28. The third-order valence-corrected chi connectivity index (χ3v) is 4.27. The Morgan fingerprint density at radius 3 is 2.58 bits per heavy atom. The van der Waals surface area contributed by atoms with E-state index in [4.69, 9.17) is 0 Å². The molecule has 0 bridgehead atoms. The summed E-state index contributed by atoms with van der Waals surface area (Å²) in [6.07, 6.45) is 10.0. The summed E-state index contributed by atoms with van der Waals surface area (Å²) in [6.45, 7) is 6.52. The van der Waals surface area contributed by atoms with E-state index in [9.17, 15) is 4.79 Å². The van der Waals surface area contributed by atoms with Gasteiger partial charge in [-0.1, -0.05) is 39.5 Å². The van der Waals surface area contributed by atoms with Crippen molar-refractivity contribution in [3.8, 4) is 0 Å². The van der Waals surface area contributed by atoms with E-state index in [0.29, 0.717) is 11.9 Å². The number of carbonyl (C=O) groups is 1. The molecule has 2 rings (SSSR count). The van der Waals surface area contributed by atoms with Gasteiger partial charge in [-0.05, 0) is 31.6 Å². The van der Waals surface area contributed by atoms with Crippen molar-refractivity contribution in [2.45, 2.75) is 77.3 Å². The molecule has 1 atom stereocenters. The lowest BCUT2D eigenvalue weighted by molar-refractivity contribution is -0.129. The zero-order valence-electron chi connectivity index (χ0n) is 12.7. The molecule has 3 heteroatoms. The Morgan fingerprint density at radius 2 is 1.89 bits per heavy atom. The molecule has 1 aliphatic heterocycles. The minimum atomic E-state index is 0.133. The number of unbranched alkanes of at least 4 members (excludes halogenated alkanes) is 3. The molecule has 1 saturated carbocycles. The largest absolute Gasteiger partial charge is 0.341 e. The number of hydrogen-bond donors (Lipinski definition) is 1. The number of nitrogens with zero attached hydrogens (tertiary/aromatic N) is 1. The number of hydrogen-bond acceptors (Lipinski definition) is 2. The van der Waals surface area contributed by atoms with Crippen molar-refractivity contribution in [1.29, 1.82) is 0 Å². The molecule has 1 unspecified atom stereocenters. The molecule has 1 amide bonds. The van der Waals surface area contributed by atoms with Crippen LogP contribution in [0.2, 0.25) is 0 Å². The molecule has 110 valence electrons. The number of rotatable bonds is 9. The maximum absolute atomic E-state index is 12.1. The van der Waals surface area contributed by atoms with Gasteiger partial charge in [-0.15, -0.1) is 0 Å². The summed E-state index contributed by atoms with van der Waals surface area (Å²) in [7, 11) is 0. The van der Waals surface area contributed by atoms with Crippen molar-refractivity contribution in [3.05, 3.63) is 0 Å². The fourth-order valence-electron chi connectivity index (χ4n) is 2.86. The minimum Gasteiger partial charge on any atom is -0.341 e. The van der Waals surface area contributed by atoms with Gasteiger partial charge in [0, 0.05) is 19.1 Å². The Hall–Kier alpha value is -0.570. The van der Waals surface area contributed by atoms with Crippen molar-refractivity contribution in [2.24, 2.45) is 5.92 Å². The van der Waals surface area contributed by atoms with Gasteiger partial charge in [0.05, 0.1) is 6.04 Å². The van der Waals surface area contributed by atoms with Crippen LogP contribution in [0.25, 0.3) is 0 Å². The summed E-state index contributed by atoms with van der Waals surface area (Å²) in [5.41, 5.74) is 0. The summed E-state index contributed by atoms with van der Waals surface area (Å²) in [4.78, 5) is 14.2. The highest BCUT2D eigenvalue weighted by molar-refractivity contribution is 5.84. The zero-order valence-corrected chi connectivity index (χ0v) is 12.7. The van der Waals surface area contributed by atoms with Crippen LogP contribution in [0.3, 0.4) is 0 Å². The average molecular weight is 266 g/mol. The van der Waals surface area contributed by atoms with E-state index in [-0.39, 0.29) is 6.04 Å². The lowest BCUT2D eigenvalue weighted by atomic mass is 10.0. The van der Waals surface area contributed by atoms with E-state index in [0.717, 1.165) is 25.4 Å². The lowest BCUT2D eigenvalue weighted by Gasteiger charge is -2.17. The highest BCUT2D eigenvalue weighted by atomic mass is 16.2. The monoisotopic (exact) mass is 266 g/mol. The molecule has 19 heavy (non-hydrogen) atoms. The number of likely N-dealkylation sites (tertiary alicyclic amines) is 1. The fraction of sp³-hybridized carbons (Fsp3) is 0.938. The van der Waals surface area contributed by atoms with Crippen LogP contribution in [0.5, 0.6) is 0 Å². The predicted molar refractivity (Wildman–Crippen MR) is 79.1 cm³/mol. The first-order chi connectivity index (χ1) is 9.16. The molecular formula is C16H30N2O. The normalized spacial score (nSPS) is 23.6. The molecule has 1 saturated heterocycles. The lowest BCUT2D eigenvalue weighted by Crippen LogP contribution is -2.39. The van der Waals surface area contributed by atoms with Gasteiger partial charge in [-0.3, -0.25) is 4.79 Å². The Morgan fingerprint density at radius 1 is 1.16 bits per heavy atom. The first-order valence-corrected chi connectivity index (χ1v) is 8.21. The van der Waals surface area contributed by atoms with Crippen LogP contribution < -0.4 is 5.32 Å². The van der Waals surface area contributed by atoms with Crippen molar-refractivity contribution in [3.63, 3.8) is 0 Å². The van der Waals surface area contributed by atoms with E-state index in [1.807, 2.05) is 0 Å². The van der Waals surface area contributed by atoms with E-state index in [1.165, 1.54) is 44.9 Å². The van der Waals surface area contributed by atoms with Gasteiger partial charge in [0.25, 0.3) is 0 Å². The molecule has 1 N–H and O–H groups in total. The van der Waals surface area contributed by atoms with Gasteiger partial charge >= 0.3 is 0 Å². The van der Waals surface area contributed by atoms with Gasteiger partial charge in [-0.2, -0.15) is 0 Å². The average Bonchev–Trinajstić information content (AvgIpc) is 3.11. The second-order valence-corrected chi connectivity index (χ2v) is 6.70. The quantitative estimate of drug-likeness (QED) is 0.651. The van der Waals surface area contributed by atoms with E-state index < -0.39 is 0 Å². The van der Waals surface area contributed by atoms with Crippen LogP contribution in [0.1, 0.15) is 65.2 Å². The first kappa shape index (κ1) is 14.8. The molecule has 0 radical (unpaired) electrons.